The molecular weight excluding hydrogens is 413 g/mol. The molecule has 160 valence electrons. The van der Waals surface area contributed by atoms with E-state index in [4.69, 9.17) is 15.2 Å². The molecule has 2 unspecified atom stereocenters. The molecule has 1 saturated heterocycles. The van der Waals surface area contributed by atoms with E-state index >= 15 is 0 Å². The molecule has 0 aromatic heterocycles. The Labute approximate surface area is 184 Å². The van der Waals surface area contributed by atoms with E-state index in [1.165, 1.54) is 5.56 Å². The summed E-state index contributed by atoms with van der Waals surface area (Å²) >= 11 is 0. The fraction of sp³-hybridized carbons (Fsp3) is 0.381. The SMILES string of the molecule is COc1ccc(N)c(NC(=O)c2ccc(CN3CC(C)OC(C)C3)cc2)c1.Cl.Cl. The number of benzene rings is 2. The van der Waals surface area contributed by atoms with Gasteiger partial charge in [-0.2, -0.15) is 0 Å². The van der Waals surface area contributed by atoms with Crippen molar-refractivity contribution in [1.82, 2.24) is 4.90 Å². The summed E-state index contributed by atoms with van der Waals surface area (Å²) in [5, 5.41) is 2.84. The van der Waals surface area contributed by atoms with Crippen LogP contribution >= 0.6 is 24.8 Å². The molecule has 3 rings (SSSR count). The highest BCUT2D eigenvalue weighted by Gasteiger charge is 2.22. The minimum atomic E-state index is -0.199. The van der Waals surface area contributed by atoms with Crippen molar-refractivity contribution in [3.63, 3.8) is 0 Å². The van der Waals surface area contributed by atoms with Gasteiger partial charge in [0.2, 0.25) is 0 Å². The van der Waals surface area contributed by atoms with Crippen molar-refractivity contribution in [2.45, 2.75) is 32.6 Å². The predicted octanol–water partition coefficient (Wildman–Crippen LogP) is 3.98. The van der Waals surface area contributed by atoms with Crippen LogP contribution in [0.4, 0.5) is 11.4 Å². The molecule has 0 radical (unpaired) electrons. The molecule has 0 aliphatic carbocycles. The molecule has 1 aliphatic rings. The maximum absolute atomic E-state index is 12.5. The van der Waals surface area contributed by atoms with Crippen LogP contribution in [0.5, 0.6) is 5.75 Å². The molecule has 0 spiro atoms. The van der Waals surface area contributed by atoms with Crippen LogP contribution in [0.2, 0.25) is 0 Å². The van der Waals surface area contributed by atoms with Crippen LogP contribution < -0.4 is 15.8 Å². The first kappa shape index (κ1) is 25.0. The molecule has 1 fully saturated rings. The van der Waals surface area contributed by atoms with Gasteiger partial charge in [-0.05, 0) is 43.7 Å². The maximum Gasteiger partial charge on any atom is 0.255 e. The van der Waals surface area contributed by atoms with Gasteiger partial charge in [0, 0.05) is 31.3 Å². The maximum atomic E-state index is 12.5. The van der Waals surface area contributed by atoms with Crippen LogP contribution in [0.15, 0.2) is 42.5 Å². The number of nitrogens with zero attached hydrogens (tertiary/aromatic N) is 1. The van der Waals surface area contributed by atoms with Crippen molar-refractivity contribution < 1.29 is 14.3 Å². The Bertz CT molecular complexity index is 792. The lowest BCUT2D eigenvalue weighted by molar-refractivity contribution is -0.0704. The van der Waals surface area contributed by atoms with E-state index in [9.17, 15) is 4.79 Å². The summed E-state index contributed by atoms with van der Waals surface area (Å²) in [6, 6.07) is 12.9. The lowest BCUT2D eigenvalue weighted by Crippen LogP contribution is -2.44. The third-order valence-corrected chi connectivity index (χ3v) is 4.63. The fourth-order valence-electron chi connectivity index (χ4n) is 3.40. The van der Waals surface area contributed by atoms with E-state index in [1.54, 1.807) is 25.3 Å². The molecule has 1 amide bonds. The number of nitrogens with two attached hydrogens (primary N) is 1. The summed E-state index contributed by atoms with van der Waals surface area (Å²) in [6.45, 7) is 6.88. The Morgan fingerprint density at radius 2 is 1.76 bits per heavy atom. The number of methoxy groups -OCH3 is 1. The molecule has 1 heterocycles. The smallest absolute Gasteiger partial charge is 0.255 e. The number of halogens is 2. The highest BCUT2D eigenvalue weighted by molar-refractivity contribution is 6.05. The van der Waals surface area contributed by atoms with E-state index in [1.807, 2.05) is 24.3 Å². The molecule has 3 N–H and O–H groups in total. The summed E-state index contributed by atoms with van der Waals surface area (Å²) in [4.78, 5) is 14.9. The Hall–Kier alpha value is -1.99. The minimum absolute atomic E-state index is 0. The second kappa shape index (κ2) is 11.3. The first-order valence-corrected chi connectivity index (χ1v) is 9.16. The number of rotatable bonds is 5. The monoisotopic (exact) mass is 441 g/mol. The molecule has 2 aromatic carbocycles. The van der Waals surface area contributed by atoms with Crippen LogP contribution in [0, 0.1) is 0 Å². The highest BCUT2D eigenvalue weighted by atomic mass is 35.5. The summed E-state index contributed by atoms with van der Waals surface area (Å²) in [6.07, 6.45) is 0.485. The number of nitrogen functional groups attached to an aromatic ring is 1. The molecule has 8 heteroatoms. The lowest BCUT2D eigenvalue weighted by atomic mass is 10.1. The Morgan fingerprint density at radius 3 is 2.34 bits per heavy atom. The topological polar surface area (TPSA) is 76.8 Å². The number of carbonyl (C=O) groups is 1. The number of hydrogen-bond donors (Lipinski definition) is 2. The zero-order valence-corrected chi connectivity index (χ0v) is 18.5. The number of morpholine rings is 1. The summed E-state index contributed by atoms with van der Waals surface area (Å²) in [5.74, 6) is 0.443. The Morgan fingerprint density at radius 1 is 1.14 bits per heavy atom. The lowest BCUT2D eigenvalue weighted by Gasteiger charge is -2.35. The molecule has 29 heavy (non-hydrogen) atoms. The summed E-state index contributed by atoms with van der Waals surface area (Å²) in [5.41, 5.74) is 8.74. The van der Waals surface area contributed by atoms with Crippen molar-refractivity contribution in [3.05, 3.63) is 53.6 Å². The molecule has 2 aromatic rings. The average molecular weight is 442 g/mol. The van der Waals surface area contributed by atoms with Crippen LogP contribution in [0.25, 0.3) is 0 Å². The Balaban J connectivity index is 0.00000210. The van der Waals surface area contributed by atoms with Gasteiger partial charge in [0.05, 0.1) is 30.7 Å². The number of carbonyl (C=O) groups excluding carboxylic acids is 1. The Kier molecular flexibility index (Phi) is 9.73. The van der Waals surface area contributed by atoms with Gasteiger partial charge in [0.1, 0.15) is 5.75 Å². The number of hydrogen-bond acceptors (Lipinski definition) is 5. The van der Waals surface area contributed by atoms with E-state index in [0.29, 0.717) is 22.7 Å². The number of ether oxygens (including phenoxy) is 2. The zero-order valence-electron chi connectivity index (χ0n) is 16.9. The van der Waals surface area contributed by atoms with Gasteiger partial charge in [-0.15, -0.1) is 24.8 Å². The van der Waals surface area contributed by atoms with Crippen molar-refractivity contribution >= 4 is 42.1 Å². The van der Waals surface area contributed by atoms with Crippen LogP contribution in [0.1, 0.15) is 29.8 Å². The second-order valence-electron chi connectivity index (χ2n) is 7.06. The molecule has 0 saturated carbocycles. The van der Waals surface area contributed by atoms with E-state index in [2.05, 4.69) is 24.1 Å². The van der Waals surface area contributed by atoms with Crippen LogP contribution in [-0.2, 0) is 11.3 Å². The van der Waals surface area contributed by atoms with Crippen molar-refractivity contribution in [2.75, 3.05) is 31.2 Å². The van der Waals surface area contributed by atoms with Gasteiger partial charge in [0.25, 0.3) is 5.91 Å². The van der Waals surface area contributed by atoms with Crippen molar-refractivity contribution in [3.8, 4) is 5.75 Å². The van der Waals surface area contributed by atoms with Gasteiger partial charge >= 0.3 is 0 Å². The van der Waals surface area contributed by atoms with Gasteiger partial charge in [-0.25, -0.2) is 0 Å². The first-order chi connectivity index (χ1) is 12.9. The first-order valence-electron chi connectivity index (χ1n) is 9.16. The van der Waals surface area contributed by atoms with Crippen LogP contribution in [-0.4, -0.2) is 43.2 Å². The van der Waals surface area contributed by atoms with Gasteiger partial charge in [0.15, 0.2) is 0 Å². The molecule has 0 bridgehead atoms. The molecular formula is C21H29Cl2N3O3. The van der Waals surface area contributed by atoms with Crippen molar-refractivity contribution in [1.29, 1.82) is 0 Å². The van der Waals surface area contributed by atoms with E-state index in [-0.39, 0.29) is 42.9 Å². The van der Waals surface area contributed by atoms with Gasteiger partial charge < -0.3 is 20.5 Å². The number of nitrogens with one attached hydrogen (secondary N) is 1. The molecule has 6 nitrogen and oxygen atoms in total. The number of anilines is 2. The third kappa shape index (κ3) is 6.78. The molecule has 1 aliphatic heterocycles. The zero-order chi connectivity index (χ0) is 19.4. The average Bonchev–Trinajstić information content (AvgIpc) is 2.63. The van der Waals surface area contributed by atoms with E-state index < -0.39 is 0 Å². The summed E-state index contributed by atoms with van der Waals surface area (Å²) < 4.78 is 11.0. The predicted molar refractivity (Wildman–Crippen MR) is 122 cm³/mol. The normalized spacial score (nSPS) is 18.9. The quantitative estimate of drug-likeness (QED) is 0.685. The van der Waals surface area contributed by atoms with Crippen LogP contribution in [0.3, 0.4) is 0 Å². The third-order valence-electron chi connectivity index (χ3n) is 4.63. The summed E-state index contributed by atoms with van der Waals surface area (Å²) in [7, 11) is 1.58. The van der Waals surface area contributed by atoms with Gasteiger partial charge in [-0.3, -0.25) is 9.69 Å². The van der Waals surface area contributed by atoms with Gasteiger partial charge in [-0.1, -0.05) is 12.1 Å². The number of amides is 1. The fourth-order valence-corrected chi connectivity index (χ4v) is 3.40. The second-order valence-corrected chi connectivity index (χ2v) is 7.06. The molecule has 2 atom stereocenters. The highest BCUT2D eigenvalue weighted by Crippen LogP contribution is 2.25. The van der Waals surface area contributed by atoms with E-state index in [0.717, 1.165) is 19.6 Å². The minimum Gasteiger partial charge on any atom is -0.497 e. The largest absolute Gasteiger partial charge is 0.497 e. The standard InChI is InChI=1S/C21H27N3O3.2ClH/c1-14-11-24(12-15(2)27-14)13-16-4-6-17(7-5-16)21(25)23-20-10-18(26-3)8-9-19(20)22;;/h4-10,14-15H,11-13,22H2,1-3H3,(H,23,25);2*1H. The van der Waals surface area contributed by atoms with Crippen molar-refractivity contribution in [2.24, 2.45) is 0 Å².